The topological polar surface area (TPSA) is 68.7 Å². The number of aromatic nitrogens is 2. The number of morpholine rings is 1. The Hall–Kier alpha value is -3.84. The minimum atomic E-state index is 0.594. The van der Waals surface area contributed by atoms with Gasteiger partial charge in [0.15, 0.2) is 0 Å². The molecular formula is C27H28N4O3. The number of hydrogen-bond donors (Lipinski definition) is 1. The zero-order chi connectivity index (χ0) is 23.3. The minimum absolute atomic E-state index is 0.594. The normalized spacial score (nSPS) is 13.6. The SMILES string of the molecule is COc1ccc(CNc2nccc(-c3cc(N4CCOCC4)c4cc(OC)ccc4c3)n2)cc1. The quantitative estimate of drug-likeness (QED) is 0.430. The lowest BCUT2D eigenvalue weighted by Gasteiger charge is -2.30. The van der Waals surface area contributed by atoms with Gasteiger partial charge in [0.1, 0.15) is 11.5 Å². The number of nitrogens with one attached hydrogen (secondary N) is 1. The molecule has 0 radical (unpaired) electrons. The van der Waals surface area contributed by atoms with Crippen LogP contribution >= 0.6 is 0 Å². The molecule has 1 aliphatic rings. The van der Waals surface area contributed by atoms with E-state index in [4.69, 9.17) is 19.2 Å². The second kappa shape index (κ2) is 9.97. The van der Waals surface area contributed by atoms with Crippen molar-refractivity contribution in [2.75, 3.05) is 50.7 Å². The molecule has 2 heterocycles. The molecule has 1 aromatic heterocycles. The van der Waals surface area contributed by atoms with Gasteiger partial charge in [0.05, 0.1) is 33.1 Å². The Morgan fingerprint density at radius 2 is 1.68 bits per heavy atom. The van der Waals surface area contributed by atoms with Crippen molar-refractivity contribution in [1.29, 1.82) is 0 Å². The van der Waals surface area contributed by atoms with Crippen molar-refractivity contribution >= 4 is 22.4 Å². The number of rotatable bonds is 7. The number of benzene rings is 3. The summed E-state index contributed by atoms with van der Waals surface area (Å²) in [7, 11) is 3.37. The van der Waals surface area contributed by atoms with Crippen molar-refractivity contribution in [3.8, 4) is 22.8 Å². The van der Waals surface area contributed by atoms with Crippen LogP contribution in [0.4, 0.5) is 11.6 Å². The summed E-state index contributed by atoms with van der Waals surface area (Å²) in [6.45, 7) is 3.79. The van der Waals surface area contributed by atoms with E-state index in [0.29, 0.717) is 12.5 Å². The maximum Gasteiger partial charge on any atom is 0.223 e. The molecule has 1 aliphatic heterocycles. The van der Waals surface area contributed by atoms with Crippen molar-refractivity contribution in [2.24, 2.45) is 0 Å². The Balaban J connectivity index is 1.46. The van der Waals surface area contributed by atoms with Crippen LogP contribution < -0.4 is 19.7 Å². The highest BCUT2D eigenvalue weighted by molar-refractivity contribution is 5.98. The lowest BCUT2D eigenvalue weighted by molar-refractivity contribution is 0.123. The van der Waals surface area contributed by atoms with Gasteiger partial charge < -0.3 is 24.4 Å². The monoisotopic (exact) mass is 456 g/mol. The van der Waals surface area contributed by atoms with E-state index in [1.165, 1.54) is 5.69 Å². The summed E-state index contributed by atoms with van der Waals surface area (Å²) in [6, 6.07) is 20.5. The first kappa shape index (κ1) is 22.0. The van der Waals surface area contributed by atoms with E-state index in [1.54, 1.807) is 20.4 Å². The summed E-state index contributed by atoms with van der Waals surface area (Å²) >= 11 is 0. The first-order chi connectivity index (χ1) is 16.7. The summed E-state index contributed by atoms with van der Waals surface area (Å²) in [5.41, 5.74) is 4.22. The summed E-state index contributed by atoms with van der Waals surface area (Å²) in [6.07, 6.45) is 1.80. The number of anilines is 2. The summed E-state index contributed by atoms with van der Waals surface area (Å²) in [5, 5.41) is 5.64. The van der Waals surface area contributed by atoms with Crippen LogP contribution in [0.1, 0.15) is 5.56 Å². The van der Waals surface area contributed by atoms with E-state index in [9.17, 15) is 0 Å². The molecular weight excluding hydrogens is 428 g/mol. The highest BCUT2D eigenvalue weighted by Crippen LogP contribution is 2.35. The van der Waals surface area contributed by atoms with Gasteiger partial charge >= 0.3 is 0 Å². The first-order valence-corrected chi connectivity index (χ1v) is 11.4. The Bertz CT molecular complexity index is 1270. The van der Waals surface area contributed by atoms with Gasteiger partial charge in [-0.05, 0) is 53.4 Å². The molecule has 1 fully saturated rings. The zero-order valence-electron chi connectivity index (χ0n) is 19.5. The van der Waals surface area contributed by atoms with Gasteiger partial charge in [0.2, 0.25) is 5.95 Å². The molecule has 34 heavy (non-hydrogen) atoms. The number of nitrogens with zero attached hydrogens (tertiary/aromatic N) is 3. The summed E-state index contributed by atoms with van der Waals surface area (Å²) in [5.74, 6) is 2.28. The number of hydrogen-bond acceptors (Lipinski definition) is 7. The Morgan fingerprint density at radius 3 is 2.44 bits per heavy atom. The van der Waals surface area contributed by atoms with Gasteiger partial charge in [-0.1, -0.05) is 18.2 Å². The predicted octanol–water partition coefficient (Wildman–Crippen LogP) is 4.76. The van der Waals surface area contributed by atoms with Gasteiger partial charge in [-0.25, -0.2) is 9.97 Å². The molecule has 0 saturated carbocycles. The smallest absolute Gasteiger partial charge is 0.223 e. The fraction of sp³-hybridized carbons (Fsp3) is 0.259. The number of ether oxygens (including phenoxy) is 3. The van der Waals surface area contributed by atoms with E-state index in [1.807, 2.05) is 36.4 Å². The fourth-order valence-corrected chi connectivity index (χ4v) is 4.19. The molecule has 0 amide bonds. The van der Waals surface area contributed by atoms with Gasteiger partial charge in [-0.3, -0.25) is 0 Å². The molecule has 174 valence electrons. The third-order valence-electron chi connectivity index (χ3n) is 6.05. The van der Waals surface area contributed by atoms with Gasteiger partial charge in [-0.15, -0.1) is 0 Å². The maximum absolute atomic E-state index is 5.58. The molecule has 0 atom stereocenters. The first-order valence-electron chi connectivity index (χ1n) is 11.4. The zero-order valence-corrected chi connectivity index (χ0v) is 19.5. The molecule has 0 unspecified atom stereocenters. The third kappa shape index (κ3) is 4.75. The maximum atomic E-state index is 5.58. The fourth-order valence-electron chi connectivity index (χ4n) is 4.19. The van der Waals surface area contributed by atoms with E-state index in [2.05, 4.69) is 39.5 Å². The molecule has 7 nitrogen and oxygen atoms in total. The van der Waals surface area contributed by atoms with Gasteiger partial charge in [-0.2, -0.15) is 0 Å². The Kier molecular flexibility index (Phi) is 6.44. The van der Waals surface area contributed by atoms with Crippen molar-refractivity contribution in [3.63, 3.8) is 0 Å². The van der Waals surface area contributed by atoms with Crippen molar-refractivity contribution in [1.82, 2.24) is 9.97 Å². The lowest BCUT2D eigenvalue weighted by atomic mass is 10.0. The summed E-state index contributed by atoms with van der Waals surface area (Å²) in [4.78, 5) is 11.6. The van der Waals surface area contributed by atoms with Crippen LogP contribution in [0.25, 0.3) is 22.0 Å². The summed E-state index contributed by atoms with van der Waals surface area (Å²) < 4.78 is 16.3. The van der Waals surface area contributed by atoms with E-state index < -0.39 is 0 Å². The molecule has 7 heteroatoms. The van der Waals surface area contributed by atoms with Crippen LogP contribution in [-0.4, -0.2) is 50.5 Å². The largest absolute Gasteiger partial charge is 0.497 e. The predicted molar refractivity (Wildman–Crippen MR) is 135 cm³/mol. The molecule has 3 aromatic carbocycles. The van der Waals surface area contributed by atoms with Crippen LogP contribution in [-0.2, 0) is 11.3 Å². The highest BCUT2D eigenvalue weighted by Gasteiger charge is 2.17. The van der Waals surface area contributed by atoms with Gasteiger partial charge in [0, 0.05) is 42.5 Å². The van der Waals surface area contributed by atoms with Crippen LogP contribution in [0.2, 0.25) is 0 Å². The van der Waals surface area contributed by atoms with E-state index in [0.717, 1.165) is 65.4 Å². The van der Waals surface area contributed by atoms with Crippen LogP contribution in [0.3, 0.4) is 0 Å². The van der Waals surface area contributed by atoms with Crippen LogP contribution in [0.15, 0.2) is 66.9 Å². The lowest BCUT2D eigenvalue weighted by Crippen LogP contribution is -2.36. The molecule has 5 rings (SSSR count). The Morgan fingerprint density at radius 1 is 0.912 bits per heavy atom. The second-order valence-electron chi connectivity index (χ2n) is 8.15. The molecule has 4 aromatic rings. The van der Waals surface area contributed by atoms with Crippen molar-refractivity contribution in [2.45, 2.75) is 6.54 Å². The second-order valence-corrected chi connectivity index (χ2v) is 8.15. The van der Waals surface area contributed by atoms with Gasteiger partial charge in [0.25, 0.3) is 0 Å². The number of fused-ring (bicyclic) bond motifs is 1. The molecule has 1 N–H and O–H groups in total. The minimum Gasteiger partial charge on any atom is -0.497 e. The third-order valence-corrected chi connectivity index (χ3v) is 6.05. The average Bonchev–Trinajstić information content (AvgIpc) is 2.92. The van der Waals surface area contributed by atoms with Crippen molar-refractivity contribution in [3.05, 3.63) is 72.4 Å². The molecule has 0 bridgehead atoms. The number of methoxy groups -OCH3 is 2. The highest BCUT2D eigenvalue weighted by atomic mass is 16.5. The van der Waals surface area contributed by atoms with E-state index >= 15 is 0 Å². The molecule has 0 spiro atoms. The van der Waals surface area contributed by atoms with Crippen LogP contribution in [0, 0.1) is 0 Å². The molecule has 0 aliphatic carbocycles. The van der Waals surface area contributed by atoms with Crippen molar-refractivity contribution < 1.29 is 14.2 Å². The Labute approximate surface area is 199 Å². The molecule has 1 saturated heterocycles. The average molecular weight is 457 g/mol. The van der Waals surface area contributed by atoms with Crippen LogP contribution in [0.5, 0.6) is 11.5 Å². The standard InChI is InChI=1S/C27H28N4O3/c1-32-22-6-3-19(4-7-22)18-29-27-28-10-9-25(30-27)21-15-20-5-8-23(33-2)17-24(20)26(16-21)31-11-13-34-14-12-31/h3-10,15-17H,11-14,18H2,1-2H3,(H,28,29,30). The van der Waals surface area contributed by atoms with E-state index in [-0.39, 0.29) is 0 Å².